The van der Waals surface area contributed by atoms with Gasteiger partial charge in [0.15, 0.2) is 12.4 Å². The van der Waals surface area contributed by atoms with E-state index < -0.39 is 33.1 Å². The van der Waals surface area contributed by atoms with Crippen LogP contribution in [0.3, 0.4) is 0 Å². The van der Waals surface area contributed by atoms with Gasteiger partial charge in [-0.1, -0.05) is 19.9 Å². The molecule has 1 aromatic heterocycles. The van der Waals surface area contributed by atoms with Crippen molar-refractivity contribution >= 4 is 50.1 Å². The number of nitrogens with one attached hydrogen (secondary N) is 1. The summed E-state index contributed by atoms with van der Waals surface area (Å²) < 4.78 is 39.9. The molecule has 0 aliphatic heterocycles. The summed E-state index contributed by atoms with van der Waals surface area (Å²) in [4.78, 5) is 22.8. The number of anilines is 1. The predicted molar refractivity (Wildman–Crippen MR) is 115 cm³/mol. The number of aromatic nitrogens is 2. The van der Waals surface area contributed by atoms with Crippen molar-refractivity contribution in [3.05, 3.63) is 46.5 Å². The molecule has 0 saturated heterocycles. The Kier molecular flexibility index (Phi) is 6.77. The zero-order chi connectivity index (χ0) is 22.6. The van der Waals surface area contributed by atoms with Crippen LogP contribution in [0.15, 0.2) is 41.3 Å². The molecule has 31 heavy (non-hydrogen) atoms. The highest BCUT2D eigenvalue weighted by molar-refractivity contribution is 7.89. The van der Waals surface area contributed by atoms with Crippen LogP contribution in [0.1, 0.15) is 13.8 Å². The van der Waals surface area contributed by atoms with E-state index in [0.29, 0.717) is 16.7 Å². The minimum atomic E-state index is -3.88. The molecule has 164 valence electrons. The Morgan fingerprint density at radius 3 is 2.65 bits per heavy atom. The van der Waals surface area contributed by atoms with E-state index in [9.17, 15) is 23.3 Å². The highest BCUT2D eigenvalue weighted by Crippen LogP contribution is 2.31. The van der Waals surface area contributed by atoms with Crippen molar-refractivity contribution < 1.29 is 22.9 Å². The number of sulfonamides is 1. The van der Waals surface area contributed by atoms with E-state index in [-0.39, 0.29) is 23.7 Å². The van der Waals surface area contributed by atoms with Gasteiger partial charge in [0.2, 0.25) is 10.0 Å². The summed E-state index contributed by atoms with van der Waals surface area (Å²) in [6.45, 7) is 3.29. The van der Waals surface area contributed by atoms with Gasteiger partial charge in [0.05, 0.1) is 27.2 Å². The van der Waals surface area contributed by atoms with Gasteiger partial charge in [0.25, 0.3) is 5.91 Å². The molecule has 1 amide bonds. The number of fused-ring (bicyclic) bond motifs is 1. The van der Waals surface area contributed by atoms with Crippen molar-refractivity contribution in [2.75, 3.05) is 25.0 Å². The van der Waals surface area contributed by atoms with Gasteiger partial charge in [-0.15, -0.1) is 0 Å². The summed E-state index contributed by atoms with van der Waals surface area (Å²) in [5.74, 6) is -0.776. The molecule has 0 saturated carbocycles. The second-order valence-corrected chi connectivity index (χ2v) is 8.72. The van der Waals surface area contributed by atoms with E-state index in [4.69, 9.17) is 4.74 Å². The summed E-state index contributed by atoms with van der Waals surface area (Å²) in [6.07, 6.45) is 0. The Hall–Kier alpha value is -3.16. The highest BCUT2D eigenvalue weighted by Gasteiger charge is 2.26. The number of rotatable bonds is 9. The van der Waals surface area contributed by atoms with Crippen molar-refractivity contribution in [1.29, 1.82) is 0 Å². The predicted octanol–water partition coefficient (Wildman–Crippen LogP) is 2.65. The molecule has 0 aliphatic carbocycles. The third kappa shape index (κ3) is 4.78. The molecule has 0 fully saturated rings. The number of amides is 1. The van der Waals surface area contributed by atoms with Crippen molar-refractivity contribution in [2.45, 2.75) is 18.7 Å². The fraction of sp³-hybridized carbons (Fsp3) is 0.278. The van der Waals surface area contributed by atoms with E-state index in [1.807, 2.05) is 0 Å². The summed E-state index contributed by atoms with van der Waals surface area (Å²) in [5, 5.41) is 14.1. The third-order valence-electron chi connectivity index (χ3n) is 4.39. The Labute approximate surface area is 182 Å². The van der Waals surface area contributed by atoms with E-state index in [1.54, 1.807) is 32.0 Å². The van der Waals surface area contributed by atoms with Gasteiger partial charge >= 0.3 is 5.69 Å². The maximum Gasteiger partial charge on any atom is 0.312 e. The van der Waals surface area contributed by atoms with Gasteiger partial charge in [-0.2, -0.15) is 13.1 Å². The summed E-state index contributed by atoms with van der Waals surface area (Å²) in [5.41, 5.74) is 1.05. The van der Waals surface area contributed by atoms with Gasteiger partial charge in [-0.05, 0) is 24.3 Å². The van der Waals surface area contributed by atoms with Crippen LogP contribution in [0.5, 0.6) is 5.75 Å². The van der Waals surface area contributed by atoms with E-state index in [1.165, 1.54) is 16.4 Å². The molecule has 3 aromatic rings. The average molecular weight is 466 g/mol. The van der Waals surface area contributed by atoms with Gasteiger partial charge in [-0.25, -0.2) is 8.42 Å². The SMILES string of the molecule is CCN(CC)S(=O)(=O)c1ccc(OCC(=O)Nc2cccc3nsnc23)c([N+](=O)[O-])c1. The third-order valence-corrected chi connectivity index (χ3v) is 6.98. The number of hydrogen-bond acceptors (Lipinski definition) is 9. The fourth-order valence-electron chi connectivity index (χ4n) is 2.87. The first-order valence-electron chi connectivity index (χ1n) is 9.20. The summed E-state index contributed by atoms with van der Waals surface area (Å²) in [6, 6.07) is 8.43. The molecule has 1 N–H and O–H groups in total. The second-order valence-electron chi connectivity index (χ2n) is 6.25. The van der Waals surface area contributed by atoms with E-state index >= 15 is 0 Å². The number of carbonyl (C=O) groups is 1. The van der Waals surface area contributed by atoms with E-state index in [2.05, 4.69) is 14.1 Å². The molecule has 11 nitrogen and oxygen atoms in total. The van der Waals surface area contributed by atoms with Crippen LogP contribution in [0.25, 0.3) is 11.0 Å². The number of benzene rings is 2. The van der Waals surface area contributed by atoms with Crippen LogP contribution in [0.2, 0.25) is 0 Å². The first-order valence-corrected chi connectivity index (χ1v) is 11.4. The van der Waals surface area contributed by atoms with E-state index in [0.717, 1.165) is 17.8 Å². The van der Waals surface area contributed by atoms with Crippen molar-refractivity contribution in [3.8, 4) is 5.75 Å². The lowest BCUT2D eigenvalue weighted by Crippen LogP contribution is -2.30. The van der Waals surface area contributed by atoms with Crippen molar-refractivity contribution in [2.24, 2.45) is 0 Å². The Morgan fingerprint density at radius 1 is 1.23 bits per heavy atom. The Balaban J connectivity index is 1.77. The molecular weight excluding hydrogens is 446 g/mol. The maximum atomic E-state index is 12.6. The van der Waals surface area contributed by atoms with Crippen LogP contribution < -0.4 is 10.1 Å². The molecule has 0 aliphatic rings. The second kappa shape index (κ2) is 9.32. The molecule has 0 unspecified atom stereocenters. The molecule has 2 aromatic carbocycles. The summed E-state index contributed by atoms with van der Waals surface area (Å²) in [7, 11) is -3.88. The minimum Gasteiger partial charge on any atom is -0.477 e. The van der Waals surface area contributed by atoms with Crippen LogP contribution in [-0.4, -0.2) is 52.0 Å². The monoisotopic (exact) mass is 465 g/mol. The first-order chi connectivity index (χ1) is 14.8. The number of nitro groups is 1. The number of hydrogen-bond donors (Lipinski definition) is 1. The topological polar surface area (TPSA) is 145 Å². The average Bonchev–Trinajstić information content (AvgIpc) is 3.22. The minimum absolute atomic E-state index is 0.216. The number of carbonyl (C=O) groups excluding carboxylic acids is 1. The molecule has 0 atom stereocenters. The lowest BCUT2D eigenvalue weighted by atomic mass is 10.2. The standard InChI is InChI=1S/C18H19N5O6S2/c1-3-22(4-2)31(27,28)12-8-9-16(15(10-12)23(25)26)29-11-17(24)19-13-6-5-7-14-18(13)21-30-20-14/h5-10H,3-4,11H2,1-2H3,(H,19,24). The zero-order valence-corrected chi connectivity index (χ0v) is 18.3. The van der Waals surface area contributed by atoms with Gasteiger partial charge in [0.1, 0.15) is 11.0 Å². The Morgan fingerprint density at radius 2 is 1.97 bits per heavy atom. The Bertz CT molecular complexity index is 1220. The molecule has 1 heterocycles. The quantitative estimate of drug-likeness (QED) is 0.375. The molecule has 0 radical (unpaired) electrons. The maximum absolute atomic E-state index is 12.6. The van der Waals surface area contributed by atoms with Crippen LogP contribution in [0.4, 0.5) is 11.4 Å². The fourth-order valence-corrected chi connectivity index (χ4v) is 4.90. The number of ether oxygens (including phenoxy) is 1. The molecule has 0 spiro atoms. The van der Waals surface area contributed by atoms with Gasteiger partial charge < -0.3 is 10.1 Å². The largest absolute Gasteiger partial charge is 0.477 e. The molecule has 0 bridgehead atoms. The van der Waals surface area contributed by atoms with Crippen LogP contribution in [-0.2, 0) is 14.8 Å². The number of nitrogens with zero attached hydrogens (tertiary/aromatic N) is 4. The lowest BCUT2D eigenvalue weighted by Gasteiger charge is -2.18. The zero-order valence-electron chi connectivity index (χ0n) is 16.6. The van der Waals surface area contributed by atoms with Gasteiger partial charge in [0, 0.05) is 19.2 Å². The lowest BCUT2D eigenvalue weighted by molar-refractivity contribution is -0.386. The highest BCUT2D eigenvalue weighted by atomic mass is 32.2. The van der Waals surface area contributed by atoms with Crippen LogP contribution in [0, 0.1) is 10.1 Å². The van der Waals surface area contributed by atoms with Gasteiger partial charge in [-0.3, -0.25) is 14.9 Å². The smallest absolute Gasteiger partial charge is 0.312 e. The molecule has 13 heteroatoms. The number of nitro benzene ring substituents is 1. The first kappa shape index (κ1) is 22.5. The normalized spacial score (nSPS) is 11.6. The van der Waals surface area contributed by atoms with Crippen molar-refractivity contribution in [1.82, 2.24) is 13.1 Å². The van der Waals surface area contributed by atoms with Crippen LogP contribution >= 0.6 is 11.7 Å². The van der Waals surface area contributed by atoms with Crippen molar-refractivity contribution in [3.63, 3.8) is 0 Å². The molecular formula is C18H19N5O6S2. The molecule has 3 rings (SSSR count). The summed E-state index contributed by atoms with van der Waals surface area (Å²) >= 11 is 1.01.